The van der Waals surface area contributed by atoms with Gasteiger partial charge in [-0.1, -0.05) is 0 Å². The third-order valence-corrected chi connectivity index (χ3v) is 4.53. The number of morpholine rings is 1. The molecule has 6 heteroatoms. The second kappa shape index (κ2) is 8.66. The van der Waals surface area contributed by atoms with E-state index >= 15 is 0 Å². The van der Waals surface area contributed by atoms with Gasteiger partial charge >= 0.3 is 0 Å². The highest BCUT2D eigenvalue weighted by molar-refractivity contribution is 5.92. The lowest BCUT2D eigenvalue weighted by atomic mass is 10.1. The maximum Gasteiger partial charge on any atom is 0.120 e. The van der Waals surface area contributed by atoms with E-state index in [1.54, 1.807) is 0 Å². The monoisotopic (exact) mass is 359 g/mol. The van der Waals surface area contributed by atoms with Crippen LogP contribution in [0.1, 0.15) is 13.8 Å². The SMILES string of the molecule is CC(C)Oc1ccc2nccc(N(C)CC(O)CN3CCOCC3)c2c1. The minimum atomic E-state index is -0.420. The van der Waals surface area contributed by atoms with Crippen molar-refractivity contribution in [2.45, 2.75) is 26.1 Å². The highest BCUT2D eigenvalue weighted by Gasteiger charge is 2.17. The molecular weight excluding hydrogens is 330 g/mol. The highest BCUT2D eigenvalue weighted by atomic mass is 16.5. The van der Waals surface area contributed by atoms with E-state index in [-0.39, 0.29) is 6.10 Å². The van der Waals surface area contributed by atoms with Crippen LogP contribution in [0.3, 0.4) is 0 Å². The van der Waals surface area contributed by atoms with Crippen LogP contribution in [-0.2, 0) is 4.74 Å². The molecular formula is C20H29N3O3. The first-order chi connectivity index (χ1) is 12.5. The summed E-state index contributed by atoms with van der Waals surface area (Å²) in [5, 5.41) is 11.5. The summed E-state index contributed by atoms with van der Waals surface area (Å²) in [5.41, 5.74) is 1.97. The first-order valence-corrected chi connectivity index (χ1v) is 9.27. The van der Waals surface area contributed by atoms with E-state index in [0.29, 0.717) is 13.1 Å². The number of fused-ring (bicyclic) bond motifs is 1. The van der Waals surface area contributed by atoms with Gasteiger partial charge in [-0.2, -0.15) is 0 Å². The van der Waals surface area contributed by atoms with Gasteiger partial charge in [-0.25, -0.2) is 0 Å². The predicted octanol–water partition coefficient (Wildman–Crippen LogP) is 2.15. The van der Waals surface area contributed by atoms with Crippen LogP contribution in [0.25, 0.3) is 10.9 Å². The van der Waals surface area contributed by atoms with Crippen molar-refractivity contribution in [2.24, 2.45) is 0 Å². The lowest BCUT2D eigenvalue weighted by molar-refractivity contribution is 0.0163. The molecule has 2 heterocycles. The van der Waals surface area contributed by atoms with Crippen molar-refractivity contribution in [1.82, 2.24) is 9.88 Å². The lowest BCUT2D eigenvalue weighted by Gasteiger charge is -2.30. The molecule has 1 aliphatic rings. The van der Waals surface area contributed by atoms with E-state index in [1.165, 1.54) is 0 Å². The third-order valence-electron chi connectivity index (χ3n) is 4.53. The Hall–Kier alpha value is -1.89. The topological polar surface area (TPSA) is 58.1 Å². The van der Waals surface area contributed by atoms with Crippen molar-refractivity contribution in [1.29, 1.82) is 0 Å². The van der Waals surface area contributed by atoms with Crippen LogP contribution in [0.15, 0.2) is 30.5 Å². The smallest absolute Gasteiger partial charge is 0.120 e. The normalized spacial score (nSPS) is 16.8. The minimum Gasteiger partial charge on any atom is -0.491 e. The Balaban J connectivity index is 1.72. The largest absolute Gasteiger partial charge is 0.491 e. The average Bonchev–Trinajstić information content (AvgIpc) is 2.61. The number of hydrogen-bond acceptors (Lipinski definition) is 6. The first-order valence-electron chi connectivity index (χ1n) is 9.27. The number of anilines is 1. The molecule has 1 fully saturated rings. The number of benzene rings is 1. The quantitative estimate of drug-likeness (QED) is 0.818. The molecule has 26 heavy (non-hydrogen) atoms. The summed E-state index contributed by atoms with van der Waals surface area (Å²) < 4.78 is 11.2. The molecule has 0 bridgehead atoms. The molecule has 3 rings (SSSR count). The Bertz CT molecular complexity index is 717. The van der Waals surface area contributed by atoms with Crippen molar-refractivity contribution in [2.75, 3.05) is 51.3 Å². The number of nitrogens with zero attached hydrogens (tertiary/aromatic N) is 3. The minimum absolute atomic E-state index is 0.126. The fourth-order valence-electron chi connectivity index (χ4n) is 3.34. The summed E-state index contributed by atoms with van der Waals surface area (Å²) in [7, 11) is 2.01. The third kappa shape index (κ3) is 4.84. The molecule has 1 saturated heterocycles. The number of aliphatic hydroxyl groups excluding tert-OH is 1. The molecule has 1 aromatic heterocycles. The zero-order chi connectivity index (χ0) is 18.5. The summed E-state index contributed by atoms with van der Waals surface area (Å²) >= 11 is 0. The zero-order valence-corrected chi connectivity index (χ0v) is 15.9. The van der Waals surface area contributed by atoms with Crippen molar-refractivity contribution in [3.8, 4) is 5.75 Å². The summed E-state index contributed by atoms with van der Waals surface area (Å²) in [6.45, 7) is 8.52. The molecule has 1 N–H and O–H groups in total. The number of β-amino-alcohol motifs (C(OH)–C–C–N with tert-alkyl or cyclic N) is 1. The van der Waals surface area contributed by atoms with Gasteiger partial charge in [0.1, 0.15) is 5.75 Å². The van der Waals surface area contributed by atoms with E-state index < -0.39 is 6.10 Å². The maximum absolute atomic E-state index is 10.5. The van der Waals surface area contributed by atoms with Crippen molar-refractivity contribution in [3.63, 3.8) is 0 Å². The van der Waals surface area contributed by atoms with Gasteiger partial charge in [0, 0.05) is 50.5 Å². The molecule has 1 aliphatic heterocycles. The molecule has 1 aromatic carbocycles. The van der Waals surface area contributed by atoms with Crippen molar-refractivity contribution < 1.29 is 14.6 Å². The summed E-state index contributed by atoms with van der Waals surface area (Å²) in [6, 6.07) is 7.95. The van der Waals surface area contributed by atoms with E-state index in [2.05, 4.69) is 14.8 Å². The Labute approximate surface area is 155 Å². The van der Waals surface area contributed by atoms with Gasteiger partial charge in [0.15, 0.2) is 0 Å². The molecule has 1 unspecified atom stereocenters. The first kappa shape index (κ1) is 18.9. The van der Waals surface area contributed by atoms with Gasteiger partial charge in [-0.3, -0.25) is 9.88 Å². The highest BCUT2D eigenvalue weighted by Crippen LogP contribution is 2.28. The van der Waals surface area contributed by atoms with E-state index in [0.717, 1.165) is 48.6 Å². The number of ether oxygens (including phenoxy) is 2. The van der Waals surface area contributed by atoms with Crippen LogP contribution in [0, 0.1) is 0 Å². The number of aromatic nitrogens is 1. The summed E-state index contributed by atoms with van der Waals surface area (Å²) in [5.74, 6) is 0.837. The van der Waals surface area contributed by atoms with Crippen LogP contribution in [0.5, 0.6) is 5.75 Å². The van der Waals surface area contributed by atoms with Crippen LogP contribution >= 0.6 is 0 Å². The molecule has 0 amide bonds. The summed E-state index contributed by atoms with van der Waals surface area (Å²) in [4.78, 5) is 8.79. The van der Waals surface area contributed by atoms with Gasteiger partial charge in [0.2, 0.25) is 0 Å². The number of aliphatic hydroxyl groups is 1. The lowest BCUT2D eigenvalue weighted by Crippen LogP contribution is -2.44. The van der Waals surface area contributed by atoms with Crippen LogP contribution in [-0.4, -0.2) is 73.6 Å². The second-order valence-electron chi connectivity index (χ2n) is 7.12. The molecule has 0 saturated carbocycles. The van der Waals surface area contributed by atoms with Gasteiger partial charge in [0.25, 0.3) is 0 Å². The van der Waals surface area contributed by atoms with Crippen molar-refractivity contribution in [3.05, 3.63) is 30.5 Å². The maximum atomic E-state index is 10.5. The van der Waals surface area contributed by atoms with E-state index in [4.69, 9.17) is 9.47 Å². The Morgan fingerprint density at radius 2 is 2.04 bits per heavy atom. The van der Waals surface area contributed by atoms with Gasteiger partial charge < -0.3 is 19.5 Å². The number of rotatable bonds is 7. The second-order valence-corrected chi connectivity index (χ2v) is 7.12. The van der Waals surface area contributed by atoms with E-state index in [1.807, 2.05) is 51.4 Å². The Kier molecular flexibility index (Phi) is 6.29. The standard InChI is InChI=1S/C20H29N3O3/c1-15(2)26-17-4-5-19-18(12-17)20(6-7-21-19)22(3)13-16(24)14-23-8-10-25-11-9-23/h4-7,12,15-16,24H,8-11,13-14H2,1-3H3. The van der Waals surface area contributed by atoms with Crippen LogP contribution in [0.2, 0.25) is 0 Å². The molecule has 2 aromatic rings. The fraction of sp³-hybridized carbons (Fsp3) is 0.550. The number of likely N-dealkylation sites (N-methyl/N-ethyl adjacent to an activating group) is 1. The Morgan fingerprint density at radius 3 is 2.77 bits per heavy atom. The fourth-order valence-corrected chi connectivity index (χ4v) is 3.34. The molecule has 0 radical (unpaired) electrons. The van der Waals surface area contributed by atoms with Gasteiger partial charge in [0.05, 0.1) is 30.9 Å². The molecule has 1 atom stereocenters. The molecule has 0 aliphatic carbocycles. The number of hydrogen-bond donors (Lipinski definition) is 1. The predicted molar refractivity (Wildman–Crippen MR) is 104 cm³/mol. The van der Waals surface area contributed by atoms with Gasteiger partial charge in [-0.05, 0) is 38.1 Å². The molecule has 142 valence electrons. The van der Waals surface area contributed by atoms with Crippen molar-refractivity contribution >= 4 is 16.6 Å². The molecule has 6 nitrogen and oxygen atoms in total. The van der Waals surface area contributed by atoms with E-state index in [9.17, 15) is 5.11 Å². The summed E-state index contributed by atoms with van der Waals surface area (Å²) in [6.07, 6.45) is 1.52. The van der Waals surface area contributed by atoms with Gasteiger partial charge in [-0.15, -0.1) is 0 Å². The average molecular weight is 359 g/mol. The van der Waals surface area contributed by atoms with Crippen LogP contribution < -0.4 is 9.64 Å². The zero-order valence-electron chi connectivity index (χ0n) is 15.9. The number of pyridine rings is 1. The molecule has 0 spiro atoms. The van der Waals surface area contributed by atoms with Crippen LogP contribution in [0.4, 0.5) is 5.69 Å². The Morgan fingerprint density at radius 1 is 1.27 bits per heavy atom.